The number of methoxy groups -OCH3 is 1. The molecule has 0 radical (unpaired) electrons. The predicted octanol–water partition coefficient (Wildman–Crippen LogP) is 2.55. The molecular formula is C17H18ClFN2O4. The molecule has 0 atom stereocenters. The molecule has 6 nitrogen and oxygen atoms in total. The number of aromatic carboxylic acids is 1. The van der Waals surface area contributed by atoms with E-state index in [1.807, 2.05) is 0 Å². The number of aromatic nitrogens is 1. The van der Waals surface area contributed by atoms with Crippen LogP contribution in [0.15, 0.2) is 17.1 Å². The molecule has 1 heterocycles. The average molecular weight is 369 g/mol. The van der Waals surface area contributed by atoms with Gasteiger partial charge in [0.05, 0.1) is 23.6 Å². The Kier molecular flexibility index (Phi) is 4.04. The summed E-state index contributed by atoms with van der Waals surface area (Å²) in [5.74, 6) is -1.70. The van der Waals surface area contributed by atoms with Gasteiger partial charge in [-0.3, -0.25) is 4.79 Å². The number of hydrogen-bond acceptors (Lipinski definition) is 4. The van der Waals surface area contributed by atoms with Crippen molar-refractivity contribution in [3.05, 3.63) is 39.4 Å². The Bertz CT molecular complexity index is 948. The van der Waals surface area contributed by atoms with Gasteiger partial charge in [-0.25, -0.2) is 9.18 Å². The number of pyridine rings is 1. The minimum absolute atomic E-state index is 0. The summed E-state index contributed by atoms with van der Waals surface area (Å²) in [7, 11) is 1.41. The molecule has 2 aliphatic rings. The Morgan fingerprint density at radius 2 is 2.08 bits per heavy atom. The van der Waals surface area contributed by atoms with E-state index in [0.29, 0.717) is 18.4 Å². The minimum atomic E-state index is -1.32. The summed E-state index contributed by atoms with van der Waals surface area (Å²) in [6.07, 6.45) is 4.38. The molecule has 2 aliphatic carbocycles. The van der Waals surface area contributed by atoms with E-state index < -0.39 is 22.8 Å². The summed E-state index contributed by atoms with van der Waals surface area (Å²) in [6, 6.07) is 1.19. The van der Waals surface area contributed by atoms with Gasteiger partial charge in [0.25, 0.3) is 0 Å². The number of rotatable bonds is 4. The summed E-state index contributed by atoms with van der Waals surface area (Å²) < 4.78 is 21.9. The molecule has 0 saturated heterocycles. The van der Waals surface area contributed by atoms with E-state index in [2.05, 4.69) is 0 Å². The van der Waals surface area contributed by atoms with Gasteiger partial charge in [-0.05, 0) is 31.7 Å². The van der Waals surface area contributed by atoms with E-state index >= 15 is 0 Å². The molecule has 2 saturated carbocycles. The zero-order valence-electron chi connectivity index (χ0n) is 13.5. The highest BCUT2D eigenvalue weighted by Gasteiger charge is 2.45. The van der Waals surface area contributed by atoms with Crippen LogP contribution in [0.4, 0.5) is 4.39 Å². The number of halogens is 2. The van der Waals surface area contributed by atoms with Crippen LogP contribution in [0.3, 0.4) is 0 Å². The average Bonchev–Trinajstić information content (AvgIpc) is 3.43. The normalized spacial score (nSPS) is 17.9. The molecule has 3 N–H and O–H groups in total. The van der Waals surface area contributed by atoms with E-state index in [0.717, 1.165) is 18.9 Å². The summed E-state index contributed by atoms with van der Waals surface area (Å²) in [5, 5.41) is 9.30. The van der Waals surface area contributed by atoms with Gasteiger partial charge in [0.2, 0.25) is 5.43 Å². The minimum Gasteiger partial charge on any atom is -0.494 e. The summed E-state index contributed by atoms with van der Waals surface area (Å²) >= 11 is 0. The van der Waals surface area contributed by atoms with E-state index in [9.17, 15) is 19.1 Å². The lowest BCUT2D eigenvalue weighted by Crippen LogP contribution is -2.24. The third kappa shape index (κ3) is 2.58. The Hall–Kier alpha value is -2.12. The molecule has 1 aromatic heterocycles. The third-order valence-corrected chi connectivity index (χ3v) is 4.88. The molecule has 1 aromatic carbocycles. The van der Waals surface area contributed by atoms with Crippen LogP contribution in [0.25, 0.3) is 10.9 Å². The number of nitrogens with zero attached hydrogens (tertiary/aromatic N) is 1. The van der Waals surface area contributed by atoms with Crippen LogP contribution < -0.4 is 15.9 Å². The number of benzene rings is 1. The molecule has 25 heavy (non-hydrogen) atoms. The first kappa shape index (κ1) is 17.7. The van der Waals surface area contributed by atoms with E-state index in [1.165, 1.54) is 13.3 Å². The van der Waals surface area contributed by atoms with Crippen molar-refractivity contribution in [3.8, 4) is 5.75 Å². The van der Waals surface area contributed by atoms with Gasteiger partial charge in [0.15, 0.2) is 5.75 Å². The lowest BCUT2D eigenvalue weighted by Gasteiger charge is -2.21. The molecule has 0 aliphatic heterocycles. The maximum Gasteiger partial charge on any atom is 0.341 e. The molecule has 4 rings (SSSR count). The molecule has 134 valence electrons. The number of fused-ring (bicyclic) bond motifs is 1. The van der Waals surface area contributed by atoms with E-state index in [-0.39, 0.29) is 40.7 Å². The third-order valence-electron chi connectivity index (χ3n) is 4.88. The van der Waals surface area contributed by atoms with E-state index in [1.54, 1.807) is 4.57 Å². The molecule has 2 aromatic rings. The van der Waals surface area contributed by atoms with Gasteiger partial charge < -0.3 is 20.1 Å². The molecule has 2 fully saturated rings. The molecule has 0 unspecified atom stereocenters. The SMILES string of the molecule is COc1c(C2(N)CC2)c(F)cc2c(=O)c(C(=O)O)cn(C3CC3)c12.Cl. The highest BCUT2D eigenvalue weighted by Crippen LogP contribution is 2.50. The van der Waals surface area contributed by atoms with Gasteiger partial charge in [-0.15, -0.1) is 12.4 Å². The largest absolute Gasteiger partial charge is 0.494 e. The van der Waals surface area contributed by atoms with Crippen LogP contribution in [0.5, 0.6) is 5.75 Å². The lowest BCUT2D eigenvalue weighted by molar-refractivity contribution is 0.0695. The Balaban J connectivity index is 0.00000182. The van der Waals surface area contributed by atoms with Gasteiger partial charge in [0, 0.05) is 17.8 Å². The van der Waals surface area contributed by atoms with Crippen molar-refractivity contribution in [1.29, 1.82) is 0 Å². The number of ether oxygens (including phenoxy) is 1. The highest BCUT2D eigenvalue weighted by atomic mass is 35.5. The van der Waals surface area contributed by atoms with Crippen molar-refractivity contribution in [2.75, 3.05) is 7.11 Å². The lowest BCUT2D eigenvalue weighted by atomic mass is 9.99. The first-order valence-corrected chi connectivity index (χ1v) is 7.85. The van der Waals surface area contributed by atoms with Crippen LogP contribution in [0.2, 0.25) is 0 Å². The second-order valence-electron chi connectivity index (χ2n) is 6.63. The van der Waals surface area contributed by atoms with Crippen LogP contribution in [0.1, 0.15) is 47.6 Å². The standard InChI is InChI=1S/C17H17FN2O4.ClH/c1-24-15-12(17(19)4-5-17)11(18)6-9-13(15)20(8-2-3-8)7-10(14(9)21)16(22)23;/h6-8H,2-5,19H2,1H3,(H,22,23);1H. The maximum atomic E-state index is 14.7. The first-order valence-electron chi connectivity index (χ1n) is 7.85. The van der Waals surface area contributed by atoms with Crippen LogP contribution in [0, 0.1) is 5.82 Å². The fourth-order valence-corrected chi connectivity index (χ4v) is 3.29. The van der Waals surface area contributed by atoms with Crippen LogP contribution in [-0.4, -0.2) is 22.8 Å². The fraction of sp³-hybridized carbons (Fsp3) is 0.412. The van der Waals surface area contributed by atoms with Gasteiger partial charge in [0.1, 0.15) is 11.4 Å². The number of hydrogen-bond donors (Lipinski definition) is 2. The van der Waals surface area contributed by atoms with Gasteiger partial charge in [-0.1, -0.05) is 0 Å². The molecule has 0 bridgehead atoms. The molecule has 0 spiro atoms. The summed E-state index contributed by atoms with van der Waals surface area (Å²) in [5.41, 5.74) is 5.05. The van der Waals surface area contributed by atoms with Gasteiger partial charge >= 0.3 is 5.97 Å². The van der Waals surface area contributed by atoms with Crippen molar-refractivity contribution >= 4 is 29.3 Å². The molecule has 0 amide bonds. The van der Waals surface area contributed by atoms with Crippen LogP contribution in [-0.2, 0) is 5.54 Å². The number of carboxylic acid groups (broad SMARTS) is 1. The molecular weight excluding hydrogens is 351 g/mol. The van der Waals surface area contributed by atoms with Crippen molar-refractivity contribution in [3.63, 3.8) is 0 Å². The Morgan fingerprint density at radius 3 is 2.56 bits per heavy atom. The maximum absolute atomic E-state index is 14.7. The number of nitrogens with two attached hydrogens (primary N) is 1. The van der Waals surface area contributed by atoms with Crippen molar-refractivity contribution in [2.24, 2.45) is 5.73 Å². The Morgan fingerprint density at radius 1 is 1.44 bits per heavy atom. The van der Waals surface area contributed by atoms with Crippen molar-refractivity contribution in [1.82, 2.24) is 4.57 Å². The smallest absolute Gasteiger partial charge is 0.341 e. The second-order valence-corrected chi connectivity index (χ2v) is 6.63. The highest BCUT2D eigenvalue weighted by molar-refractivity contribution is 5.95. The topological polar surface area (TPSA) is 94.6 Å². The first-order chi connectivity index (χ1) is 11.4. The number of carbonyl (C=O) groups is 1. The van der Waals surface area contributed by atoms with Gasteiger partial charge in [-0.2, -0.15) is 0 Å². The summed E-state index contributed by atoms with van der Waals surface area (Å²) in [6.45, 7) is 0. The van der Waals surface area contributed by atoms with Crippen molar-refractivity contribution < 1.29 is 19.0 Å². The Labute approximate surface area is 148 Å². The monoisotopic (exact) mass is 368 g/mol. The second kappa shape index (κ2) is 5.71. The zero-order valence-corrected chi connectivity index (χ0v) is 14.4. The number of carboxylic acids is 1. The van der Waals surface area contributed by atoms with Crippen molar-refractivity contribution in [2.45, 2.75) is 37.3 Å². The van der Waals surface area contributed by atoms with Crippen LogP contribution >= 0.6 is 12.4 Å². The van der Waals surface area contributed by atoms with E-state index in [4.69, 9.17) is 10.5 Å². The quantitative estimate of drug-likeness (QED) is 0.864. The fourth-order valence-electron chi connectivity index (χ4n) is 3.29. The zero-order chi connectivity index (χ0) is 17.2. The summed E-state index contributed by atoms with van der Waals surface area (Å²) in [4.78, 5) is 23.9. The predicted molar refractivity (Wildman–Crippen MR) is 92.3 cm³/mol. The molecule has 8 heteroatoms.